The van der Waals surface area contributed by atoms with Gasteiger partial charge in [0, 0.05) is 36.2 Å². The highest BCUT2D eigenvalue weighted by Gasteiger charge is 2.36. The maximum atomic E-state index is 12.3. The molecule has 0 spiro atoms. The quantitative estimate of drug-likeness (QED) is 0.695. The van der Waals surface area contributed by atoms with Gasteiger partial charge in [0.1, 0.15) is 0 Å². The van der Waals surface area contributed by atoms with E-state index in [1.54, 1.807) is 0 Å². The lowest BCUT2D eigenvalue weighted by atomic mass is 9.74. The number of nitrogens with one attached hydrogen (secondary N) is 2. The highest BCUT2D eigenvalue weighted by molar-refractivity contribution is 9.10. The summed E-state index contributed by atoms with van der Waals surface area (Å²) in [6, 6.07) is 8.02. The molecule has 0 saturated carbocycles. The zero-order valence-electron chi connectivity index (χ0n) is 13.5. The zero-order chi connectivity index (χ0) is 16.3. The first kappa shape index (κ1) is 19.7. The third kappa shape index (κ3) is 4.49. The van der Waals surface area contributed by atoms with Crippen LogP contribution in [-0.4, -0.2) is 49.5 Å². The van der Waals surface area contributed by atoms with Gasteiger partial charge in [-0.15, -0.1) is 12.4 Å². The number of aliphatic hydroxyl groups is 1. The van der Waals surface area contributed by atoms with E-state index < -0.39 is 6.10 Å². The molecule has 2 unspecified atom stereocenters. The number of benzene rings is 1. The summed E-state index contributed by atoms with van der Waals surface area (Å²) in [7, 11) is 0. The van der Waals surface area contributed by atoms with Crippen molar-refractivity contribution in [3.05, 3.63) is 34.3 Å². The number of amides is 1. The molecule has 134 valence electrons. The molecule has 5 nitrogen and oxygen atoms in total. The number of carbonyl (C=O) groups is 1. The monoisotopic (exact) mass is 418 g/mol. The fourth-order valence-corrected chi connectivity index (χ4v) is 3.84. The highest BCUT2D eigenvalue weighted by Crippen LogP contribution is 2.35. The lowest BCUT2D eigenvalue weighted by Crippen LogP contribution is -2.48. The molecule has 0 radical (unpaired) electrons. The Labute approximate surface area is 157 Å². The van der Waals surface area contributed by atoms with E-state index in [9.17, 15) is 9.90 Å². The minimum Gasteiger partial charge on any atom is -0.392 e. The molecule has 3 rings (SSSR count). The molecule has 2 saturated heterocycles. The number of halogens is 2. The molecule has 2 heterocycles. The Balaban J connectivity index is 0.00000208. The van der Waals surface area contributed by atoms with Gasteiger partial charge in [-0.3, -0.25) is 4.79 Å². The molecule has 3 N–H and O–H groups in total. The van der Waals surface area contributed by atoms with E-state index in [0.717, 1.165) is 17.3 Å². The maximum absolute atomic E-state index is 12.3. The lowest BCUT2D eigenvalue weighted by molar-refractivity contribution is -0.123. The second-order valence-electron chi connectivity index (χ2n) is 6.47. The number of ether oxygens (including phenoxy) is 1. The predicted molar refractivity (Wildman–Crippen MR) is 98.5 cm³/mol. The Kier molecular flexibility index (Phi) is 7.07. The van der Waals surface area contributed by atoms with E-state index in [4.69, 9.17) is 4.74 Å². The standard InChI is InChI=1S/C17H23BrN2O3.ClH/c18-13-3-1-2-12(8-13)17(4-6-23-7-5-17)11-20-16(22)15-9-14(21)10-19-15;/h1-3,8,14-15,19,21H,4-7,9-11H2,(H,20,22);1H. The Morgan fingerprint density at radius 2 is 2.17 bits per heavy atom. The number of hydrogen-bond donors (Lipinski definition) is 3. The van der Waals surface area contributed by atoms with Crippen molar-refractivity contribution < 1.29 is 14.6 Å². The normalized spacial score (nSPS) is 25.8. The number of β-amino-alcohol motifs (C(OH)–C–C–N with tert-alkyl or cyclic N) is 1. The molecule has 2 aliphatic rings. The van der Waals surface area contributed by atoms with E-state index in [2.05, 4.69) is 38.7 Å². The summed E-state index contributed by atoms with van der Waals surface area (Å²) >= 11 is 3.54. The Morgan fingerprint density at radius 1 is 1.42 bits per heavy atom. The van der Waals surface area contributed by atoms with Gasteiger partial charge < -0.3 is 20.5 Å². The summed E-state index contributed by atoms with van der Waals surface area (Å²) in [5.74, 6) is -0.0255. The van der Waals surface area contributed by atoms with Crippen LogP contribution in [0.15, 0.2) is 28.7 Å². The molecule has 2 fully saturated rings. The smallest absolute Gasteiger partial charge is 0.237 e. The summed E-state index contributed by atoms with van der Waals surface area (Å²) in [4.78, 5) is 12.3. The van der Waals surface area contributed by atoms with Crippen LogP contribution in [0.1, 0.15) is 24.8 Å². The van der Waals surface area contributed by atoms with Crippen LogP contribution in [0.4, 0.5) is 0 Å². The first-order chi connectivity index (χ1) is 11.1. The molecule has 0 bridgehead atoms. The Hall–Kier alpha value is -0.660. The van der Waals surface area contributed by atoms with Gasteiger partial charge in [0.05, 0.1) is 12.1 Å². The van der Waals surface area contributed by atoms with E-state index in [0.29, 0.717) is 32.7 Å². The van der Waals surface area contributed by atoms with Crippen molar-refractivity contribution in [1.82, 2.24) is 10.6 Å². The number of aliphatic hydroxyl groups excluding tert-OH is 1. The summed E-state index contributed by atoms with van der Waals surface area (Å²) < 4.78 is 6.58. The summed E-state index contributed by atoms with van der Waals surface area (Å²) in [6.07, 6.45) is 1.85. The van der Waals surface area contributed by atoms with Gasteiger partial charge in [-0.05, 0) is 37.0 Å². The molecule has 1 aromatic rings. The minimum absolute atomic E-state index is 0. The van der Waals surface area contributed by atoms with Gasteiger partial charge in [0.25, 0.3) is 0 Å². The maximum Gasteiger partial charge on any atom is 0.237 e. The van der Waals surface area contributed by atoms with Crippen molar-refractivity contribution in [3.8, 4) is 0 Å². The summed E-state index contributed by atoms with van der Waals surface area (Å²) in [6.45, 7) is 2.51. The number of hydrogen-bond acceptors (Lipinski definition) is 4. The Morgan fingerprint density at radius 3 is 2.79 bits per heavy atom. The van der Waals surface area contributed by atoms with Crippen LogP contribution in [0, 0.1) is 0 Å². The first-order valence-electron chi connectivity index (χ1n) is 8.12. The van der Waals surface area contributed by atoms with Crippen LogP contribution in [0.25, 0.3) is 0 Å². The zero-order valence-corrected chi connectivity index (χ0v) is 15.9. The van der Waals surface area contributed by atoms with E-state index >= 15 is 0 Å². The first-order valence-corrected chi connectivity index (χ1v) is 8.91. The Bertz CT molecular complexity index is 567. The SMILES string of the molecule is Cl.O=C(NCC1(c2cccc(Br)c2)CCOCC1)C1CC(O)CN1. The van der Waals surface area contributed by atoms with Gasteiger partial charge in [0.2, 0.25) is 5.91 Å². The predicted octanol–water partition coefficient (Wildman–Crippen LogP) is 1.76. The third-order valence-electron chi connectivity index (χ3n) is 4.91. The molecule has 24 heavy (non-hydrogen) atoms. The fraction of sp³-hybridized carbons (Fsp3) is 0.588. The molecule has 2 aliphatic heterocycles. The second kappa shape index (κ2) is 8.63. The van der Waals surface area contributed by atoms with Crippen LogP contribution in [0.5, 0.6) is 0 Å². The van der Waals surface area contributed by atoms with Gasteiger partial charge in [-0.1, -0.05) is 28.1 Å². The van der Waals surface area contributed by atoms with Crippen molar-refractivity contribution in [2.75, 3.05) is 26.3 Å². The summed E-state index contributed by atoms with van der Waals surface area (Å²) in [5, 5.41) is 15.7. The molecule has 1 amide bonds. The molecular weight excluding hydrogens is 396 g/mol. The van der Waals surface area contributed by atoms with E-state index in [1.807, 2.05) is 12.1 Å². The molecule has 0 aromatic heterocycles. The number of carbonyl (C=O) groups excluding carboxylic acids is 1. The van der Waals surface area contributed by atoms with Crippen molar-refractivity contribution >= 4 is 34.2 Å². The summed E-state index contributed by atoms with van der Waals surface area (Å²) in [5.41, 5.74) is 1.14. The fourth-order valence-electron chi connectivity index (χ4n) is 3.44. The van der Waals surface area contributed by atoms with Crippen molar-refractivity contribution in [3.63, 3.8) is 0 Å². The lowest BCUT2D eigenvalue weighted by Gasteiger charge is -2.38. The van der Waals surface area contributed by atoms with Crippen LogP contribution < -0.4 is 10.6 Å². The van der Waals surface area contributed by atoms with Crippen molar-refractivity contribution in [2.45, 2.75) is 36.8 Å². The van der Waals surface area contributed by atoms with Gasteiger partial charge in [-0.25, -0.2) is 0 Å². The largest absolute Gasteiger partial charge is 0.392 e. The van der Waals surface area contributed by atoms with Crippen LogP contribution >= 0.6 is 28.3 Å². The van der Waals surface area contributed by atoms with E-state index in [-0.39, 0.29) is 29.8 Å². The highest BCUT2D eigenvalue weighted by atomic mass is 79.9. The molecule has 1 aromatic carbocycles. The van der Waals surface area contributed by atoms with E-state index in [1.165, 1.54) is 5.56 Å². The average Bonchev–Trinajstić information content (AvgIpc) is 3.00. The molecular formula is C17H24BrClN2O3. The molecule has 7 heteroatoms. The average molecular weight is 420 g/mol. The third-order valence-corrected chi connectivity index (χ3v) is 5.41. The van der Waals surface area contributed by atoms with Crippen molar-refractivity contribution in [1.29, 1.82) is 0 Å². The van der Waals surface area contributed by atoms with Gasteiger partial charge in [-0.2, -0.15) is 0 Å². The van der Waals surface area contributed by atoms with Crippen LogP contribution in [0.2, 0.25) is 0 Å². The molecule has 0 aliphatic carbocycles. The van der Waals surface area contributed by atoms with Crippen molar-refractivity contribution in [2.24, 2.45) is 0 Å². The minimum atomic E-state index is -0.423. The van der Waals surface area contributed by atoms with Crippen LogP contribution in [-0.2, 0) is 14.9 Å². The van der Waals surface area contributed by atoms with Crippen LogP contribution in [0.3, 0.4) is 0 Å². The second-order valence-corrected chi connectivity index (χ2v) is 7.39. The van der Waals surface area contributed by atoms with Gasteiger partial charge in [0.15, 0.2) is 0 Å². The van der Waals surface area contributed by atoms with Gasteiger partial charge >= 0.3 is 0 Å². The number of rotatable bonds is 4. The molecule has 2 atom stereocenters. The topological polar surface area (TPSA) is 70.6 Å².